The molecule has 9 heteroatoms. The van der Waals surface area contributed by atoms with Crippen molar-refractivity contribution in [1.82, 2.24) is 20.2 Å². The molecule has 0 bridgehead atoms. The number of carbonyl (C=O) groups excluding carboxylic acids is 1. The van der Waals surface area contributed by atoms with Gasteiger partial charge in [-0.15, -0.1) is 5.10 Å². The molecule has 0 spiro atoms. The average molecular weight is 371 g/mol. The van der Waals surface area contributed by atoms with E-state index in [9.17, 15) is 9.18 Å². The van der Waals surface area contributed by atoms with E-state index in [-0.39, 0.29) is 18.0 Å². The number of amides is 1. The number of hydrogen-bond donors (Lipinski definition) is 1. The van der Waals surface area contributed by atoms with Gasteiger partial charge in [0, 0.05) is 13.2 Å². The molecule has 1 aromatic heterocycles. The lowest BCUT2D eigenvalue weighted by Gasteiger charge is -2.12. The standard InChI is InChI=1S/C18H18FN5O3/c1-26-8-9-27-17-7-4-14(19)11-16(17)21-18(25)10-13-2-5-15(6-3-13)24-12-20-22-23-24/h2-7,11-12H,8-10H2,1H3,(H,21,25). The molecule has 0 aliphatic rings. The number of halogens is 1. The first-order chi connectivity index (χ1) is 13.2. The maximum absolute atomic E-state index is 13.5. The van der Waals surface area contributed by atoms with Gasteiger partial charge in [-0.2, -0.15) is 0 Å². The van der Waals surface area contributed by atoms with Gasteiger partial charge in [0.1, 0.15) is 24.5 Å². The van der Waals surface area contributed by atoms with E-state index in [2.05, 4.69) is 20.8 Å². The molecular weight excluding hydrogens is 353 g/mol. The Balaban J connectivity index is 1.64. The molecule has 0 unspecified atom stereocenters. The molecule has 1 N–H and O–H groups in total. The van der Waals surface area contributed by atoms with Gasteiger partial charge < -0.3 is 14.8 Å². The van der Waals surface area contributed by atoms with Crippen molar-refractivity contribution in [3.63, 3.8) is 0 Å². The first-order valence-corrected chi connectivity index (χ1v) is 8.19. The summed E-state index contributed by atoms with van der Waals surface area (Å²) in [6, 6.07) is 11.2. The zero-order chi connectivity index (χ0) is 19.1. The maximum Gasteiger partial charge on any atom is 0.228 e. The normalized spacial score (nSPS) is 10.6. The molecule has 1 heterocycles. The first kappa shape index (κ1) is 18.5. The largest absolute Gasteiger partial charge is 0.489 e. The van der Waals surface area contributed by atoms with E-state index in [1.165, 1.54) is 29.2 Å². The third-order valence-corrected chi connectivity index (χ3v) is 3.68. The molecule has 0 saturated heterocycles. The van der Waals surface area contributed by atoms with Crippen molar-refractivity contribution in [3.8, 4) is 11.4 Å². The Bertz CT molecular complexity index is 885. The van der Waals surface area contributed by atoms with Gasteiger partial charge in [0.25, 0.3) is 0 Å². The van der Waals surface area contributed by atoms with Gasteiger partial charge in [0.15, 0.2) is 0 Å². The predicted octanol–water partition coefficient (Wildman–Crippen LogP) is 2.01. The molecule has 0 fully saturated rings. The fraction of sp³-hybridized carbons (Fsp3) is 0.222. The minimum Gasteiger partial charge on any atom is -0.489 e. The number of methoxy groups -OCH3 is 1. The summed E-state index contributed by atoms with van der Waals surface area (Å²) in [6.07, 6.45) is 1.61. The summed E-state index contributed by atoms with van der Waals surface area (Å²) in [6.45, 7) is 0.683. The lowest BCUT2D eigenvalue weighted by atomic mass is 10.1. The summed E-state index contributed by atoms with van der Waals surface area (Å²) in [4.78, 5) is 12.3. The molecule has 0 radical (unpaired) electrons. The molecule has 0 aliphatic carbocycles. The summed E-state index contributed by atoms with van der Waals surface area (Å²) in [5.41, 5.74) is 1.85. The van der Waals surface area contributed by atoms with Crippen LogP contribution in [0.25, 0.3) is 5.69 Å². The molecule has 0 aliphatic heterocycles. The molecule has 140 valence electrons. The van der Waals surface area contributed by atoms with E-state index < -0.39 is 5.82 Å². The SMILES string of the molecule is COCCOc1ccc(F)cc1NC(=O)Cc1ccc(-n2cnnn2)cc1. The second kappa shape index (κ2) is 8.86. The van der Waals surface area contributed by atoms with E-state index in [4.69, 9.17) is 9.47 Å². The molecule has 3 aromatic rings. The highest BCUT2D eigenvalue weighted by atomic mass is 19.1. The van der Waals surface area contributed by atoms with E-state index in [1.54, 1.807) is 31.4 Å². The fourth-order valence-corrected chi connectivity index (χ4v) is 2.39. The Morgan fingerprint density at radius 3 is 2.70 bits per heavy atom. The number of rotatable bonds is 8. The molecular formula is C18H18FN5O3. The van der Waals surface area contributed by atoms with Crippen molar-refractivity contribution in [3.05, 3.63) is 60.2 Å². The third-order valence-electron chi connectivity index (χ3n) is 3.68. The Morgan fingerprint density at radius 1 is 1.19 bits per heavy atom. The van der Waals surface area contributed by atoms with Gasteiger partial charge in [-0.05, 0) is 40.3 Å². The van der Waals surface area contributed by atoms with Crippen LogP contribution in [0.4, 0.5) is 10.1 Å². The lowest BCUT2D eigenvalue weighted by Crippen LogP contribution is -2.16. The van der Waals surface area contributed by atoms with Crippen LogP contribution in [0.3, 0.4) is 0 Å². The van der Waals surface area contributed by atoms with Crippen LogP contribution in [0.2, 0.25) is 0 Å². The van der Waals surface area contributed by atoms with Gasteiger partial charge in [-0.3, -0.25) is 4.79 Å². The summed E-state index contributed by atoms with van der Waals surface area (Å²) in [7, 11) is 1.56. The van der Waals surface area contributed by atoms with Crippen molar-refractivity contribution >= 4 is 11.6 Å². The number of anilines is 1. The zero-order valence-electron chi connectivity index (χ0n) is 14.6. The van der Waals surface area contributed by atoms with Crippen LogP contribution < -0.4 is 10.1 Å². The molecule has 1 amide bonds. The molecule has 27 heavy (non-hydrogen) atoms. The van der Waals surface area contributed by atoms with Crippen molar-refractivity contribution in [2.75, 3.05) is 25.6 Å². The smallest absolute Gasteiger partial charge is 0.228 e. The van der Waals surface area contributed by atoms with E-state index in [1.807, 2.05) is 0 Å². The van der Waals surface area contributed by atoms with Gasteiger partial charge in [-0.25, -0.2) is 9.07 Å². The maximum atomic E-state index is 13.5. The topological polar surface area (TPSA) is 91.2 Å². The second-order valence-electron chi connectivity index (χ2n) is 5.63. The van der Waals surface area contributed by atoms with Crippen LogP contribution in [-0.2, 0) is 16.0 Å². The first-order valence-electron chi connectivity index (χ1n) is 8.19. The van der Waals surface area contributed by atoms with Crippen molar-refractivity contribution in [1.29, 1.82) is 0 Å². The highest BCUT2D eigenvalue weighted by Gasteiger charge is 2.11. The highest BCUT2D eigenvalue weighted by molar-refractivity contribution is 5.93. The predicted molar refractivity (Wildman–Crippen MR) is 95.3 cm³/mol. The van der Waals surface area contributed by atoms with E-state index in [0.717, 1.165) is 11.3 Å². The van der Waals surface area contributed by atoms with Gasteiger partial charge in [0.05, 0.1) is 24.4 Å². The summed E-state index contributed by atoms with van der Waals surface area (Å²) in [5, 5.41) is 13.6. The van der Waals surface area contributed by atoms with Gasteiger partial charge >= 0.3 is 0 Å². The summed E-state index contributed by atoms with van der Waals surface area (Å²) in [5.74, 6) is -0.363. The zero-order valence-corrected chi connectivity index (χ0v) is 14.6. The molecule has 3 rings (SSSR count). The Kier molecular flexibility index (Phi) is 6.06. The molecule has 0 atom stereocenters. The second-order valence-corrected chi connectivity index (χ2v) is 5.63. The monoisotopic (exact) mass is 371 g/mol. The molecule has 0 saturated carbocycles. The van der Waals surface area contributed by atoms with Crippen LogP contribution in [0, 0.1) is 5.82 Å². The van der Waals surface area contributed by atoms with E-state index >= 15 is 0 Å². The van der Waals surface area contributed by atoms with Crippen LogP contribution in [0.15, 0.2) is 48.8 Å². The summed E-state index contributed by atoms with van der Waals surface area (Å²) < 4.78 is 25.5. The number of carbonyl (C=O) groups is 1. The van der Waals surface area contributed by atoms with Crippen LogP contribution in [0.5, 0.6) is 5.75 Å². The van der Waals surface area contributed by atoms with Crippen LogP contribution >= 0.6 is 0 Å². The van der Waals surface area contributed by atoms with Crippen molar-refractivity contribution < 1.29 is 18.7 Å². The minimum absolute atomic E-state index is 0.129. The number of nitrogens with one attached hydrogen (secondary N) is 1. The highest BCUT2D eigenvalue weighted by Crippen LogP contribution is 2.25. The van der Waals surface area contributed by atoms with Crippen molar-refractivity contribution in [2.45, 2.75) is 6.42 Å². The van der Waals surface area contributed by atoms with E-state index in [0.29, 0.717) is 19.0 Å². The minimum atomic E-state index is -0.463. The third kappa shape index (κ3) is 5.08. The number of aromatic nitrogens is 4. The Hall–Kier alpha value is -3.33. The molecule has 8 nitrogen and oxygen atoms in total. The van der Waals surface area contributed by atoms with Crippen molar-refractivity contribution in [2.24, 2.45) is 0 Å². The number of ether oxygens (including phenoxy) is 2. The molecule has 2 aromatic carbocycles. The van der Waals surface area contributed by atoms with Crippen LogP contribution in [0.1, 0.15) is 5.56 Å². The summed E-state index contributed by atoms with van der Waals surface area (Å²) >= 11 is 0. The quantitative estimate of drug-likeness (QED) is 0.609. The number of benzene rings is 2. The number of hydrogen-bond acceptors (Lipinski definition) is 6. The van der Waals surface area contributed by atoms with Crippen LogP contribution in [-0.4, -0.2) is 46.4 Å². The number of nitrogens with zero attached hydrogens (tertiary/aromatic N) is 4. The number of tetrazole rings is 1. The Labute approximate surface area is 154 Å². The van der Waals surface area contributed by atoms with Gasteiger partial charge in [-0.1, -0.05) is 12.1 Å². The fourth-order valence-electron chi connectivity index (χ4n) is 2.39. The average Bonchev–Trinajstić information content (AvgIpc) is 3.19. The van der Waals surface area contributed by atoms with Gasteiger partial charge in [0.2, 0.25) is 5.91 Å². The lowest BCUT2D eigenvalue weighted by molar-refractivity contribution is -0.115. The Morgan fingerprint density at radius 2 is 2.00 bits per heavy atom.